The van der Waals surface area contributed by atoms with Crippen LogP contribution in [0.25, 0.3) is 21.8 Å². The zero-order valence-electron chi connectivity index (χ0n) is 17.4. The second-order valence-electron chi connectivity index (χ2n) is 6.59. The van der Waals surface area contributed by atoms with Crippen molar-refractivity contribution in [2.45, 2.75) is 0 Å². The molecule has 0 aliphatic heterocycles. The number of fused-ring (bicyclic) bond motifs is 2. The number of nitrogens with zero attached hydrogens (tertiary/aromatic N) is 2. The molecule has 158 valence electrons. The molecule has 0 unspecified atom stereocenters. The molecule has 5 aromatic rings. The Balaban J connectivity index is 0.000000686. The van der Waals surface area contributed by atoms with Crippen molar-refractivity contribution in [1.82, 2.24) is 9.97 Å². The Labute approximate surface area is 186 Å². The summed E-state index contributed by atoms with van der Waals surface area (Å²) < 4.78 is 0. The molecule has 0 radical (unpaired) electrons. The lowest BCUT2D eigenvalue weighted by Crippen LogP contribution is -2.03. The predicted octanol–water partition coefficient (Wildman–Crippen LogP) is 5.90. The fraction of sp³-hybridized carbons (Fsp3) is 0. The molecule has 0 aliphatic carbocycles. The fourth-order valence-corrected chi connectivity index (χ4v) is 3.24. The number of nitrogens with one attached hydrogen (secondary N) is 2. The quantitative estimate of drug-likeness (QED) is 0.375. The van der Waals surface area contributed by atoms with Gasteiger partial charge in [-0.15, -0.1) is 0 Å². The van der Waals surface area contributed by atoms with Gasteiger partial charge in [-0.2, -0.15) is 0 Å². The van der Waals surface area contributed by atoms with Gasteiger partial charge in [0.15, 0.2) is 11.6 Å². The van der Waals surface area contributed by atoms with Gasteiger partial charge >= 0.3 is 0 Å². The van der Waals surface area contributed by atoms with Crippen LogP contribution in [-0.4, -0.2) is 23.5 Å². The monoisotopic (exact) mass is 422 g/mol. The molecule has 0 saturated carbocycles. The number of hydrogen-bond donors (Lipinski definition) is 2. The fourth-order valence-electron chi connectivity index (χ4n) is 3.24. The summed E-state index contributed by atoms with van der Waals surface area (Å²) in [5, 5.41) is 9.21. The first-order valence-electron chi connectivity index (χ1n) is 9.78. The molecule has 0 spiro atoms. The molecule has 0 saturated heterocycles. The first kappa shape index (κ1) is 22.1. The number of hydrogen-bond acceptors (Lipinski definition) is 6. The summed E-state index contributed by atoms with van der Waals surface area (Å²) in [4.78, 5) is 25.6. The SMILES string of the molecule is C=O.C=O.c1ccc(Nc2nc3ccccc3nc2Nc2ccc3ccccc3c2)cc1. The van der Waals surface area contributed by atoms with Crippen LogP contribution in [0, 0.1) is 0 Å². The molecular weight excluding hydrogens is 400 g/mol. The minimum absolute atomic E-state index is 0.692. The summed E-state index contributed by atoms with van der Waals surface area (Å²) in [7, 11) is 0. The van der Waals surface area contributed by atoms with Gasteiger partial charge in [0, 0.05) is 11.4 Å². The molecule has 5 rings (SSSR count). The highest BCUT2D eigenvalue weighted by atomic mass is 16.1. The van der Waals surface area contributed by atoms with E-state index in [-0.39, 0.29) is 0 Å². The normalized spacial score (nSPS) is 9.75. The van der Waals surface area contributed by atoms with Crippen LogP contribution in [0.2, 0.25) is 0 Å². The van der Waals surface area contributed by atoms with Crippen LogP contribution in [0.4, 0.5) is 23.0 Å². The standard InChI is InChI=1S/C24H18N4.2CH2O/c1-2-10-19(11-3-1)25-23-24(28-22-13-7-6-12-21(22)27-23)26-20-15-14-17-8-4-5-9-18(17)16-20;2*1-2/h1-16H,(H,25,27)(H,26,28);2*1H2. The van der Waals surface area contributed by atoms with E-state index in [1.54, 1.807) is 0 Å². The number of anilines is 4. The van der Waals surface area contributed by atoms with Crippen LogP contribution < -0.4 is 10.6 Å². The summed E-state index contributed by atoms with van der Waals surface area (Å²) in [5.74, 6) is 1.39. The third kappa shape index (κ3) is 5.12. The Kier molecular flexibility index (Phi) is 7.59. The largest absolute Gasteiger partial charge is 0.337 e. The van der Waals surface area contributed by atoms with E-state index < -0.39 is 0 Å². The van der Waals surface area contributed by atoms with Crippen molar-refractivity contribution in [2.24, 2.45) is 0 Å². The molecule has 0 bridgehead atoms. The number of rotatable bonds is 4. The third-order valence-electron chi connectivity index (χ3n) is 4.62. The molecule has 0 atom stereocenters. The van der Waals surface area contributed by atoms with E-state index in [0.29, 0.717) is 11.6 Å². The molecule has 0 amide bonds. The number of aromatic nitrogens is 2. The second-order valence-corrected chi connectivity index (χ2v) is 6.59. The van der Waals surface area contributed by atoms with E-state index in [2.05, 4.69) is 41.0 Å². The first-order chi connectivity index (χ1) is 15.8. The van der Waals surface area contributed by atoms with Crippen molar-refractivity contribution in [3.05, 3.63) is 97.1 Å². The van der Waals surface area contributed by atoms with Crippen molar-refractivity contribution < 1.29 is 9.59 Å². The van der Waals surface area contributed by atoms with Gasteiger partial charge in [0.05, 0.1) is 11.0 Å². The van der Waals surface area contributed by atoms with Gasteiger partial charge in [0.2, 0.25) is 0 Å². The molecule has 1 aromatic heterocycles. The zero-order chi connectivity index (χ0) is 22.8. The molecule has 6 heteroatoms. The van der Waals surface area contributed by atoms with Crippen molar-refractivity contribution in [1.29, 1.82) is 0 Å². The number of carbonyl (C=O) groups is 2. The number of carbonyl (C=O) groups excluding carboxylic acids is 2. The molecular formula is C26H22N4O2. The Morgan fingerprint density at radius 3 is 1.62 bits per heavy atom. The average Bonchev–Trinajstić information content (AvgIpc) is 2.87. The van der Waals surface area contributed by atoms with Gasteiger partial charge in [0.1, 0.15) is 13.6 Å². The highest BCUT2D eigenvalue weighted by molar-refractivity contribution is 5.88. The highest BCUT2D eigenvalue weighted by Gasteiger charge is 2.10. The molecule has 32 heavy (non-hydrogen) atoms. The Morgan fingerprint density at radius 1 is 0.500 bits per heavy atom. The Morgan fingerprint density at radius 2 is 1.00 bits per heavy atom. The van der Waals surface area contributed by atoms with E-state index in [4.69, 9.17) is 19.6 Å². The second kappa shape index (κ2) is 11.0. The van der Waals surface area contributed by atoms with E-state index >= 15 is 0 Å². The smallest absolute Gasteiger partial charge is 0.174 e. The number of para-hydroxylation sites is 3. The van der Waals surface area contributed by atoms with Gasteiger partial charge in [-0.25, -0.2) is 9.97 Å². The Hall–Kier alpha value is -4.58. The summed E-state index contributed by atoms with van der Waals surface area (Å²) in [5.41, 5.74) is 3.64. The van der Waals surface area contributed by atoms with Gasteiger partial charge in [0.25, 0.3) is 0 Å². The molecule has 1 heterocycles. The summed E-state index contributed by atoms with van der Waals surface area (Å²) in [6.07, 6.45) is 0. The van der Waals surface area contributed by atoms with E-state index in [0.717, 1.165) is 22.4 Å². The van der Waals surface area contributed by atoms with Crippen LogP contribution in [0.5, 0.6) is 0 Å². The van der Waals surface area contributed by atoms with Gasteiger partial charge in [-0.1, -0.05) is 60.7 Å². The molecule has 0 aliphatic rings. The Bertz CT molecular complexity index is 1310. The van der Waals surface area contributed by atoms with E-state index in [9.17, 15) is 0 Å². The van der Waals surface area contributed by atoms with Gasteiger partial charge in [-0.05, 0) is 47.2 Å². The van der Waals surface area contributed by atoms with Gasteiger partial charge < -0.3 is 20.2 Å². The average molecular weight is 422 g/mol. The maximum absolute atomic E-state index is 8.00. The number of benzene rings is 4. The topological polar surface area (TPSA) is 84.0 Å². The lowest BCUT2D eigenvalue weighted by atomic mass is 10.1. The van der Waals surface area contributed by atoms with Crippen LogP contribution in [0.1, 0.15) is 0 Å². The van der Waals surface area contributed by atoms with Crippen LogP contribution >= 0.6 is 0 Å². The summed E-state index contributed by atoms with van der Waals surface area (Å²) in [6.45, 7) is 4.00. The molecule has 2 N–H and O–H groups in total. The van der Waals surface area contributed by atoms with Gasteiger partial charge in [-0.3, -0.25) is 0 Å². The van der Waals surface area contributed by atoms with Crippen LogP contribution in [-0.2, 0) is 9.59 Å². The van der Waals surface area contributed by atoms with Crippen molar-refractivity contribution in [3.63, 3.8) is 0 Å². The highest BCUT2D eigenvalue weighted by Crippen LogP contribution is 2.28. The molecule has 6 nitrogen and oxygen atoms in total. The van der Waals surface area contributed by atoms with Crippen molar-refractivity contribution in [2.75, 3.05) is 10.6 Å². The lowest BCUT2D eigenvalue weighted by Gasteiger charge is -2.14. The lowest BCUT2D eigenvalue weighted by molar-refractivity contribution is -0.0987. The predicted molar refractivity (Wildman–Crippen MR) is 131 cm³/mol. The summed E-state index contributed by atoms with van der Waals surface area (Å²) in [6, 6.07) is 32.5. The molecule has 0 fully saturated rings. The minimum atomic E-state index is 0.692. The van der Waals surface area contributed by atoms with Crippen LogP contribution in [0.3, 0.4) is 0 Å². The first-order valence-corrected chi connectivity index (χ1v) is 9.78. The van der Waals surface area contributed by atoms with E-state index in [1.807, 2.05) is 80.3 Å². The maximum Gasteiger partial charge on any atom is 0.174 e. The van der Waals surface area contributed by atoms with Crippen molar-refractivity contribution >= 4 is 58.4 Å². The minimum Gasteiger partial charge on any atom is -0.337 e. The third-order valence-corrected chi connectivity index (χ3v) is 4.62. The van der Waals surface area contributed by atoms with E-state index in [1.165, 1.54) is 10.8 Å². The van der Waals surface area contributed by atoms with Crippen molar-refractivity contribution in [3.8, 4) is 0 Å². The zero-order valence-corrected chi connectivity index (χ0v) is 17.4. The summed E-state index contributed by atoms with van der Waals surface area (Å²) >= 11 is 0. The van der Waals surface area contributed by atoms with Crippen LogP contribution in [0.15, 0.2) is 97.1 Å². The maximum atomic E-state index is 8.00. The molecule has 4 aromatic carbocycles.